The minimum atomic E-state index is -5.17. The minimum absolute atomic E-state index is 0. The number of carbonyl (C=O) groups is 2. The van der Waals surface area contributed by atoms with Crippen molar-refractivity contribution in [3.8, 4) is 0 Å². The predicted octanol–water partition coefficient (Wildman–Crippen LogP) is -40.2. The molecular formula is C4H26BaCaCl5KMgNa3O18S+. The van der Waals surface area contributed by atoms with E-state index in [2.05, 4.69) is 0 Å². The Hall–Kier alpha value is 8.09. The fraction of sp³-hybridized carbons (Fsp3) is 0.500. The molecule has 0 unspecified atom stereocenters. The molecule has 0 aromatic rings. The SMILES string of the molecule is CC(=O)[O-].CC(=O)[O-].O.O.O.O.O.O.O.O.O.O.O=S(=O)([O-])[O-].[Ba+2].[Ca+2].[Cl-].[Cl-].[Cl-].[Cl-].[Cl-].[K+].[Mg+2].[Na+].[Na+].[Na+]. The molecule has 0 aliphatic heterocycles. The maximum absolute atomic E-state index is 8.89. The van der Waals surface area contributed by atoms with E-state index in [1.165, 1.54) is 0 Å². The van der Waals surface area contributed by atoms with E-state index in [-0.39, 0.29) is 367 Å². The third-order valence-electron chi connectivity index (χ3n) is 0. The fourth-order valence-electron chi connectivity index (χ4n) is 0. The first-order valence-corrected chi connectivity index (χ1v) is 3.82. The third-order valence-corrected chi connectivity index (χ3v) is 0. The van der Waals surface area contributed by atoms with Crippen LogP contribution in [0.4, 0.5) is 0 Å². The molecule has 200 valence electrons. The van der Waals surface area contributed by atoms with Crippen LogP contribution in [0.5, 0.6) is 0 Å². The van der Waals surface area contributed by atoms with Crippen molar-refractivity contribution in [2.45, 2.75) is 13.8 Å². The first kappa shape index (κ1) is 233. The van der Waals surface area contributed by atoms with Crippen LogP contribution >= 0.6 is 0 Å². The Bertz CT molecular complexity index is 275. The summed E-state index contributed by atoms with van der Waals surface area (Å²) in [5.41, 5.74) is 0. The van der Waals surface area contributed by atoms with Crippen molar-refractivity contribution >= 4 is 132 Å². The molecule has 0 aliphatic carbocycles. The first-order valence-electron chi connectivity index (χ1n) is 2.48. The van der Waals surface area contributed by atoms with Gasteiger partial charge in [0.1, 0.15) is 0 Å². The number of aliphatic carboxylic acids is 2. The normalized spacial score (nSPS) is 3.09. The molecule has 0 aromatic carbocycles. The van der Waals surface area contributed by atoms with Crippen molar-refractivity contribution in [2.24, 2.45) is 0 Å². The summed E-state index contributed by atoms with van der Waals surface area (Å²) in [6, 6.07) is 0. The molecule has 0 radical (unpaired) electrons. The molecule has 0 saturated carbocycles. The van der Waals surface area contributed by atoms with E-state index >= 15 is 0 Å². The summed E-state index contributed by atoms with van der Waals surface area (Å²) in [6.45, 7) is 1.94. The Kier molecular flexibility index (Phi) is 1170. The Morgan fingerprint density at radius 2 is 0.543 bits per heavy atom. The van der Waals surface area contributed by atoms with Gasteiger partial charge in [-0.05, 0) is 13.8 Å². The quantitative estimate of drug-likeness (QED) is 0.127. The monoisotopic (exact) mass is 879 g/mol. The Balaban J connectivity index is -0.00000000142. The molecule has 0 rings (SSSR count). The van der Waals surface area contributed by atoms with Crippen molar-refractivity contribution < 1.29 is 294 Å². The zero-order valence-electron chi connectivity index (χ0n) is 19.7. The molecule has 0 fully saturated rings. The Morgan fingerprint density at radius 1 is 0.543 bits per heavy atom. The zero-order chi connectivity index (χ0) is 11.7. The van der Waals surface area contributed by atoms with Crippen LogP contribution in [0, 0.1) is 0 Å². The standard InChI is InChI=1S/2C2H4O2.Ba.Ca.5ClH.K.Mg.3Na.H2O4S.10H2O/c2*1-2(3)4;;;;;;;;;;;;;1-5(2,3)4;;;;;;;;;;/h2*1H3,(H,3,4);;;5*1H;;;;;;(H2,1,2,3,4);10*1H2/q;;2*+2;;;;;;+1;+2;3*+1;;;;;;;;;;;/p-9. The Morgan fingerprint density at radius 3 is 0.543 bits per heavy atom. The first-order chi connectivity index (χ1) is 5.46. The summed E-state index contributed by atoms with van der Waals surface area (Å²) in [4.78, 5) is 17.8. The Labute approximate surface area is 429 Å². The van der Waals surface area contributed by atoms with Crippen molar-refractivity contribution in [3.63, 3.8) is 0 Å². The maximum Gasteiger partial charge on any atom is 2.00 e. The molecular weight excluding hydrogens is 855 g/mol. The number of hydrogen-bond acceptors (Lipinski definition) is 8. The third kappa shape index (κ3) is 1030. The second kappa shape index (κ2) is 176. The van der Waals surface area contributed by atoms with Crippen LogP contribution in [0.1, 0.15) is 13.8 Å². The van der Waals surface area contributed by atoms with Crippen molar-refractivity contribution in [1.82, 2.24) is 0 Å². The van der Waals surface area contributed by atoms with Gasteiger partial charge in [-0.1, -0.05) is 0 Å². The number of carboxylic acids is 2. The minimum Gasteiger partial charge on any atom is -1.00 e. The van der Waals surface area contributed by atoms with Gasteiger partial charge in [0, 0.05) is 22.3 Å². The van der Waals surface area contributed by atoms with Gasteiger partial charge < -0.3 is 146 Å². The average molecular weight is 881 g/mol. The molecule has 0 aromatic heterocycles. The smallest absolute Gasteiger partial charge is 1.00 e. The fourth-order valence-corrected chi connectivity index (χ4v) is 0. The number of carbonyl (C=O) groups excluding carboxylic acids is 2. The van der Waals surface area contributed by atoms with E-state index < -0.39 is 22.3 Å². The number of halogens is 5. The summed E-state index contributed by atoms with van der Waals surface area (Å²) in [6.07, 6.45) is 0. The number of hydrogen-bond donors (Lipinski definition) is 0. The second-order valence-electron chi connectivity index (χ2n) is 1.39. The summed E-state index contributed by atoms with van der Waals surface area (Å²) < 4.78 is 34.1. The largest absolute Gasteiger partial charge is 2.00 e. The van der Waals surface area contributed by atoms with Crippen LogP contribution < -0.4 is 212 Å². The molecule has 0 atom stereocenters. The topological polar surface area (TPSA) is 476 Å². The molecule has 18 nitrogen and oxygen atoms in total. The van der Waals surface area contributed by atoms with Gasteiger partial charge in [-0.2, -0.15) is 0 Å². The van der Waals surface area contributed by atoms with Gasteiger partial charge in [-0.25, -0.2) is 0 Å². The van der Waals surface area contributed by atoms with Gasteiger partial charge in [0.05, 0.1) is 0 Å². The second-order valence-corrected chi connectivity index (χ2v) is 2.21. The van der Waals surface area contributed by atoms with Crippen LogP contribution in [-0.4, -0.2) is 194 Å². The van der Waals surface area contributed by atoms with Crippen LogP contribution in [0.15, 0.2) is 0 Å². The van der Waals surface area contributed by atoms with Gasteiger partial charge in [0.15, 0.2) is 0 Å². The van der Waals surface area contributed by atoms with Crippen molar-refractivity contribution in [1.29, 1.82) is 0 Å². The summed E-state index contributed by atoms with van der Waals surface area (Å²) in [7, 11) is -5.17. The summed E-state index contributed by atoms with van der Waals surface area (Å²) in [5, 5.41) is 17.8. The van der Waals surface area contributed by atoms with Gasteiger partial charge >= 0.3 is 250 Å². The number of carboxylic acid groups (broad SMARTS) is 2. The number of rotatable bonds is 0. The molecule has 0 spiro atoms. The summed E-state index contributed by atoms with van der Waals surface area (Å²) >= 11 is 0. The van der Waals surface area contributed by atoms with Crippen LogP contribution in [0.2, 0.25) is 0 Å². The predicted molar refractivity (Wildman–Crippen MR) is 85.2 cm³/mol. The van der Waals surface area contributed by atoms with E-state index in [0.29, 0.717) is 0 Å². The zero-order valence-corrected chi connectivity index (χ0v) is 41.5. The maximum atomic E-state index is 8.89. The average Bonchev–Trinajstić information content (AvgIpc) is 1.50. The molecule has 0 heterocycles. The van der Waals surface area contributed by atoms with E-state index in [0.717, 1.165) is 13.8 Å². The van der Waals surface area contributed by atoms with Crippen molar-refractivity contribution in [2.75, 3.05) is 0 Å². The molecule has 0 saturated heterocycles. The van der Waals surface area contributed by atoms with Crippen LogP contribution in [0.25, 0.3) is 0 Å². The van der Waals surface area contributed by atoms with E-state index in [1.807, 2.05) is 0 Å². The molecule has 0 amide bonds. The summed E-state index contributed by atoms with van der Waals surface area (Å²) in [5.74, 6) is -2.17. The molecule has 0 aliphatic rings. The van der Waals surface area contributed by atoms with Gasteiger partial charge in [-0.15, -0.1) is 0 Å². The molecule has 0 bridgehead atoms. The van der Waals surface area contributed by atoms with Gasteiger partial charge in [0.25, 0.3) is 0 Å². The van der Waals surface area contributed by atoms with E-state index in [9.17, 15) is 0 Å². The van der Waals surface area contributed by atoms with Crippen LogP contribution in [-0.2, 0) is 20.0 Å². The molecule has 20 N–H and O–H groups in total. The van der Waals surface area contributed by atoms with Gasteiger partial charge in [0.2, 0.25) is 0 Å². The van der Waals surface area contributed by atoms with Crippen molar-refractivity contribution in [3.05, 3.63) is 0 Å². The molecule has 31 heteroatoms. The van der Waals surface area contributed by atoms with Gasteiger partial charge in [-0.3, -0.25) is 8.42 Å². The van der Waals surface area contributed by atoms with E-state index in [1.54, 1.807) is 0 Å². The van der Waals surface area contributed by atoms with E-state index in [4.69, 9.17) is 37.3 Å². The molecule has 35 heavy (non-hydrogen) atoms. The van der Waals surface area contributed by atoms with Crippen LogP contribution in [0.3, 0.4) is 0 Å².